The Hall–Kier alpha value is -2.22. The standard InChI is InChI=1S/C20H21NO/c1-12-10-11-16-14-7-5-8-15(14)20(21-19(16)13(12)2)17-6-3-4-9-18(17)22/h3-7,9-11,14-15,20-22H,8H2,1-2H3. The van der Waals surface area contributed by atoms with Crippen molar-refractivity contribution < 1.29 is 5.11 Å². The van der Waals surface area contributed by atoms with Crippen molar-refractivity contribution in [2.75, 3.05) is 5.32 Å². The maximum Gasteiger partial charge on any atom is 0.120 e. The smallest absolute Gasteiger partial charge is 0.120 e. The Bertz CT molecular complexity index is 762. The summed E-state index contributed by atoms with van der Waals surface area (Å²) in [4.78, 5) is 0. The second-order valence-corrected chi connectivity index (χ2v) is 6.51. The van der Waals surface area contributed by atoms with Crippen LogP contribution in [0.3, 0.4) is 0 Å². The minimum absolute atomic E-state index is 0.161. The van der Waals surface area contributed by atoms with Gasteiger partial charge in [0, 0.05) is 17.2 Å². The van der Waals surface area contributed by atoms with E-state index in [0.29, 0.717) is 17.6 Å². The summed E-state index contributed by atoms with van der Waals surface area (Å²) >= 11 is 0. The molecule has 2 aliphatic rings. The van der Waals surface area contributed by atoms with E-state index in [1.54, 1.807) is 6.07 Å². The van der Waals surface area contributed by atoms with Gasteiger partial charge < -0.3 is 10.4 Å². The number of anilines is 1. The topological polar surface area (TPSA) is 32.3 Å². The normalized spacial score (nSPS) is 25.5. The number of aromatic hydroxyl groups is 1. The van der Waals surface area contributed by atoms with Gasteiger partial charge in [-0.2, -0.15) is 0 Å². The lowest BCUT2D eigenvalue weighted by molar-refractivity contribution is 0.402. The lowest BCUT2D eigenvalue weighted by atomic mass is 9.76. The van der Waals surface area contributed by atoms with Crippen molar-refractivity contribution in [2.45, 2.75) is 32.2 Å². The van der Waals surface area contributed by atoms with Crippen LogP contribution >= 0.6 is 0 Å². The molecule has 22 heavy (non-hydrogen) atoms. The fraction of sp³-hybridized carbons (Fsp3) is 0.300. The SMILES string of the molecule is Cc1ccc2c(c1C)NC(c1ccccc1O)C1CC=CC21. The number of phenolic OH excluding ortho intramolecular Hbond substituents is 1. The van der Waals surface area contributed by atoms with Crippen LogP contribution in [0.5, 0.6) is 5.75 Å². The van der Waals surface area contributed by atoms with Crippen LogP contribution in [-0.4, -0.2) is 5.11 Å². The number of phenols is 1. The summed E-state index contributed by atoms with van der Waals surface area (Å²) in [5, 5.41) is 14.0. The van der Waals surface area contributed by atoms with Crippen LogP contribution in [0.1, 0.15) is 40.6 Å². The van der Waals surface area contributed by atoms with Crippen molar-refractivity contribution in [3.8, 4) is 5.75 Å². The van der Waals surface area contributed by atoms with Crippen LogP contribution in [0.25, 0.3) is 0 Å². The van der Waals surface area contributed by atoms with Crippen LogP contribution in [-0.2, 0) is 0 Å². The van der Waals surface area contributed by atoms with Gasteiger partial charge in [0.1, 0.15) is 5.75 Å². The Morgan fingerprint density at radius 3 is 2.68 bits per heavy atom. The molecule has 1 heterocycles. The Balaban J connectivity index is 1.87. The van der Waals surface area contributed by atoms with Crippen LogP contribution in [0.2, 0.25) is 0 Å². The van der Waals surface area contributed by atoms with E-state index in [2.05, 4.69) is 43.4 Å². The molecule has 3 unspecified atom stereocenters. The Morgan fingerprint density at radius 1 is 1.05 bits per heavy atom. The van der Waals surface area contributed by atoms with Crippen molar-refractivity contribution in [3.05, 3.63) is 70.8 Å². The summed E-state index contributed by atoms with van der Waals surface area (Å²) in [5.41, 5.74) is 6.28. The van der Waals surface area contributed by atoms with E-state index in [0.717, 1.165) is 12.0 Å². The number of benzene rings is 2. The number of nitrogens with one attached hydrogen (secondary N) is 1. The van der Waals surface area contributed by atoms with E-state index in [4.69, 9.17) is 0 Å². The van der Waals surface area contributed by atoms with Crippen LogP contribution in [0, 0.1) is 19.8 Å². The number of hydrogen-bond donors (Lipinski definition) is 2. The molecular weight excluding hydrogens is 270 g/mol. The molecule has 0 radical (unpaired) electrons. The highest BCUT2D eigenvalue weighted by atomic mass is 16.3. The largest absolute Gasteiger partial charge is 0.508 e. The summed E-state index contributed by atoms with van der Waals surface area (Å²) < 4.78 is 0. The Kier molecular flexibility index (Phi) is 3.00. The maximum atomic E-state index is 10.3. The van der Waals surface area contributed by atoms with E-state index in [-0.39, 0.29) is 6.04 Å². The lowest BCUT2D eigenvalue weighted by Gasteiger charge is -2.38. The summed E-state index contributed by atoms with van der Waals surface area (Å²) in [6.07, 6.45) is 5.68. The molecule has 2 N–H and O–H groups in total. The van der Waals surface area contributed by atoms with Gasteiger partial charge in [-0.25, -0.2) is 0 Å². The third-order valence-corrected chi connectivity index (χ3v) is 5.34. The summed E-state index contributed by atoms with van der Waals surface area (Å²) in [5.74, 6) is 1.31. The van der Waals surface area contributed by atoms with Crippen molar-refractivity contribution in [3.63, 3.8) is 0 Å². The predicted molar refractivity (Wildman–Crippen MR) is 90.4 cm³/mol. The van der Waals surface area contributed by atoms with Crippen molar-refractivity contribution in [1.29, 1.82) is 0 Å². The van der Waals surface area contributed by atoms with Gasteiger partial charge in [0.05, 0.1) is 6.04 Å². The number of rotatable bonds is 1. The Labute approximate surface area is 131 Å². The van der Waals surface area contributed by atoms with Crippen LogP contribution < -0.4 is 5.32 Å². The van der Waals surface area contributed by atoms with E-state index in [9.17, 15) is 5.11 Å². The third-order valence-electron chi connectivity index (χ3n) is 5.34. The van der Waals surface area contributed by atoms with Crippen LogP contribution in [0.4, 0.5) is 5.69 Å². The molecule has 0 fully saturated rings. The molecular formula is C20H21NO. The highest BCUT2D eigenvalue weighted by Gasteiger charge is 2.39. The third kappa shape index (κ3) is 1.87. The molecule has 1 aliphatic heterocycles. The second-order valence-electron chi connectivity index (χ2n) is 6.51. The van der Waals surface area contributed by atoms with E-state index >= 15 is 0 Å². The van der Waals surface area contributed by atoms with Gasteiger partial charge in [-0.3, -0.25) is 0 Å². The molecule has 2 heteroatoms. The van der Waals surface area contributed by atoms with Gasteiger partial charge in [-0.1, -0.05) is 42.5 Å². The Morgan fingerprint density at radius 2 is 1.86 bits per heavy atom. The first-order chi connectivity index (χ1) is 10.7. The minimum Gasteiger partial charge on any atom is -0.508 e. The van der Waals surface area contributed by atoms with Crippen molar-refractivity contribution in [1.82, 2.24) is 0 Å². The lowest BCUT2D eigenvalue weighted by Crippen LogP contribution is -2.29. The maximum absolute atomic E-state index is 10.3. The average molecular weight is 291 g/mol. The summed E-state index contributed by atoms with van der Waals surface area (Å²) in [6, 6.07) is 12.4. The molecule has 4 rings (SSSR count). The highest BCUT2D eigenvalue weighted by Crippen LogP contribution is 2.51. The number of aryl methyl sites for hydroxylation is 1. The van der Waals surface area contributed by atoms with Crippen LogP contribution in [0.15, 0.2) is 48.6 Å². The van der Waals surface area contributed by atoms with E-state index in [1.165, 1.54) is 22.4 Å². The zero-order chi connectivity index (χ0) is 15.3. The molecule has 0 aromatic heterocycles. The molecule has 112 valence electrons. The first kappa shape index (κ1) is 13.4. The first-order valence-corrected chi connectivity index (χ1v) is 7.98. The summed E-state index contributed by atoms with van der Waals surface area (Å²) in [7, 11) is 0. The quantitative estimate of drug-likeness (QED) is 0.737. The average Bonchev–Trinajstić information content (AvgIpc) is 3.00. The number of fused-ring (bicyclic) bond motifs is 3. The van der Waals surface area contributed by atoms with Crippen molar-refractivity contribution in [2.24, 2.45) is 5.92 Å². The molecule has 1 aliphatic carbocycles. The van der Waals surface area contributed by atoms with Gasteiger partial charge in [-0.05, 0) is 48.9 Å². The van der Waals surface area contributed by atoms with E-state index in [1.807, 2.05) is 18.2 Å². The van der Waals surface area contributed by atoms with Gasteiger partial charge in [0.15, 0.2) is 0 Å². The van der Waals surface area contributed by atoms with E-state index < -0.39 is 0 Å². The van der Waals surface area contributed by atoms with Gasteiger partial charge >= 0.3 is 0 Å². The fourth-order valence-corrected chi connectivity index (χ4v) is 3.98. The molecule has 0 amide bonds. The van der Waals surface area contributed by atoms with Gasteiger partial charge in [0.2, 0.25) is 0 Å². The van der Waals surface area contributed by atoms with Crippen molar-refractivity contribution >= 4 is 5.69 Å². The molecule has 0 bridgehead atoms. The molecule has 0 saturated heterocycles. The minimum atomic E-state index is 0.161. The summed E-state index contributed by atoms with van der Waals surface area (Å²) in [6.45, 7) is 4.34. The molecule has 2 nitrogen and oxygen atoms in total. The number of para-hydroxylation sites is 1. The second kappa shape index (κ2) is 4.91. The predicted octanol–water partition coefficient (Wildman–Crippen LogP) is 4.84. The zero-order valence-electron chi connectivity index (χ0n) is 13.0. The molecule has 2 aromatic rings. The molecule has 3 atom stereocenters. The highest BCUT2D eigenvalue weighted by molar-refractivity contribution is 5.66. The van der Waals surface area contributed by atoms with Gasteiger partial charge in [0.25, 0.3) is 0 Å². The van der Waals surface area contributed by atoms with Gasteiger partial charge in [-0.15, -0.1) is 0 Å². The molecule has 2 aromatic carbocycles. The monoisotopic (exact) mass is 291 g/mol. The first-order valence-electron chi connectivity index (χ1n) is 7.98. The number of allylic oxidation sites excluding steroid dienone is 2. The fourth-order valence-electron chi connectivity index (χ4n) is 3.98. The zero-order valence-corrected chi connectivity index (χ0v) is 13.0. The number of hydrogen-bond acceptors (Lipinski definition) is 2. The molecule has 0 saturated carbocycles. The molecule has 0 spiro atoms.